The van der Waals surface area contributed by atoms with Crippen LogP contribution in [0.4, 0.5) is 0 Å². The molecule has 0 fully saturated rings. The first-order valence-corrected chi connectivity index (χ1v) is 17.7. The zero-order valence-electron chi connectivity index (χ0n) is 30.2. The largest absolute Gasteiger partial charge is 0.478 e. The van der Waals surface area contributed by atoms with Crippen LogP contribution in [0.15, 0.2) is 164 Å². The Morgan fingerprint density at radius 2 is 0.439 bits per heavy atom. The van der Waals surface area contributed by atoms with Crippen molar-refractivity contribution in [2.45, 2.75) is 0 Å². The van der Waals surface area contributed by atoms with E-state index >= 15 is 0 Å². The number of carboxylic acid groups (broad SMARTS) is 3. The van der Waals surface area contributed by atoms with E-state index in [0.717, 1.165) is 66.8 Å². The number of aromatic carboxylic acids is 3. The van der Waals surface area contributed by atoms with E-state index in [4.69, 9.17) is 15.3 Å². The lowest BCUT2D eigenvalue weighted by atomic mass is 9.92. The molecule has 6 heteroatoms. The SMILES string of the molecule is O=C(O)c1ccc(C#Cc2ccc(-c3cc(-c4ccc(C#Cc5ccc(C(=O)O)cc5)cc4)cc(-c4ccc(C#Cc5ccc(C(=O)O)cc5)cc4)c3)cc2)cc1. The van der Waals surface area contributed by atoms with Crippen molar-refractivity contribution in [3.63, 3.8) is 0 Å². The van der Waals surface area contributed by atoms with Gasteiger partial charge in [-0.3, -0.25) is 0 Å². The lowest BCUT2D eigenvalue weighted by molar-refractivity contribution is 0.0686. The van der Waals surface area contributed by atoms with Gasteiger partial charge < -0.3 is 15.3 Å². The van der Waals surface area contributed by atoms with Crippen LogP contribution in [-0.4, -0.2) is 33.2 Å². The molecule has 0 unspecified atom stereocenters. The summed E-state index contributed by atoms with van der Waals surface area (Å²) in [5, 5.41) is 27.5. The van der Waals surface area contributed by atoms with E-state index in [0.29, 0.717) is 0 Å². The zero-order chi connectivity index (χ0) is 39.7. The molecule has 0 atom stereocenters. The van der Waals surface area contributed by atoms with Crippen molar-refractivity contribution >= 4 is 17.9 Å². The Labute approximate surface area is 329 Å². The van der Waals surface area contributed by atoms with Crippen molar-refractivity contribution in [2.24, 2.45) is 0 Å². The van der Waals surface area contributed by atoms with E-state index in [2.05, 4.69) is 53.7 Å². The smallest absolute Gasteiger partial charge is 0.335 e. The molecule has 0 aliphatic heterocycles. The van der Waals surface area contributed by atoms with Crippen molar-refractivity contribution in [3.05, 3.63) is 214 Å². The minimum Gasteiger partial charge on any atom is -0.478 e. The molecular weight excluding hydrogens is 709 g/mol. The van der Waals surface area contributed by atoms with E-state index in [-0.39, 0.29) is 16.7 Å². The average molecular weight is 739 g/mol. The maximum atomic E-state index is 11.2. The second-order valence-electron chi connectivity index (χ2n) is 12.9. The number of hydrogen-bond acceptors (Lipinski definition) is 3. The predicted octanol–water partition coefficient (Wildman–Crippen LogP) is 9.98. The molecule has 3 N–H and O–H groups in total. The van der Waals surface area contributed by atoms with Crippen LogP contribution in [0.25, 0.3) is 33.4 Å². The van der Waals surface area contributed by atoms with Gasteiger partial charge >= 0.3 is 17.9 Å². The van der Waals surface area contributed by atoms with E-state index in [1.54, 1.807) is 36.4 Å². The highest BCUT2D eigenvalue weighted by Crippen LogP contribution is 2.33. The molecule has 0 aliphatic carbocycles. The highest BCUT2D eigenvalue weighted by molar-refractivity contribution is 5.89. The number of rotatable bonds is 6. The van der Waals surface area contributed by atoms with Gasteiger partial charge in [-0.1, -0.05) is 71.9 Å². The van der Waals surface area contributed by atoms with Crippen LogP contribution in [0, 0.1) is 35.5 Å². The van der Waals surface area contributed by atoms with Crippen molar-refractivity contribution in [3.8, 4) is 68.9 Å². The van der Waals surface area contributed by atoms with Crippen LogP contribution in [0.1, 0.15) is 64.5 Å². The second-order valence-corrected chi connectivity index (χ2v) is 12.9. The summed E-state index contributed by atoms with van der Waals surface area (Å²) >= 11 is 0. The lowest BCUT2D eigenvalue weighted by Crippen LogP contribution is -1.94. The third-order valence-corrected chi connectivity index (χ3v) is 9.04. The van der Waals surface area contributed by atoms with E-state index < -0.39 is 17.9 Å². The summed E-state index contributed by atoms with van der Waals surface area (Å²) in [4.78, 5) is 33.5. The normalized spacial score (nSPS) is 10.1. The number of benzene rings is 7. The summed E-state index contributed by atoms with van der Waals surface area (Å²) in [6, 6.07) is 49.8. The van der Waals surface area contributed by atoms with Crippen LogP contribution in [0.3, 0.4) is 0 Å². The zero-order valence-corrected chi connectivity index (χ0v) is 30.2. The van der Waals surface area contributed by atoms with E-state index in [1.807, 2.05) is 72.8 Å². The Hall–Kier alpha value is -8.37. The maximum absolute atomic E-state index is 11.2. The Balaban J connectivity index is 1.18. The summed E-state index contributed by atoms with van der Waals surface area (Å²) in [6.07, 6.45) is 0. The molecule has 0 spiro atoms. The maximum Gasteiger partial charge on any atom is 0.335 e. The van der Waals surface area contributed by atoms with Gasteiger partial charge in [0.15, 0.2) is 0 Å². The fourth-order valence-electron chi connectivity index (χ4n) is 5.89. The van der Waals surface area contributed by atoms with Gasteiger partial charge in [0.1, 0.15) is 0 Å². The molecule has 6 nitrogen and oxygen atoms in total. The minimum absolute atomic E-state index is 0.213. The molecular formula is C51H30O6. The van der Waals surface area contributed by atoms with Crippen LogP contribution in [0.2, 0.25) is 0 Å². The van der Waals surface area contributed by atoms with Crippen molar-refractivity contribution in [1.29, 1.82) is 0 Å². The van der Waals surface area contributed by atoms with Gasteiger partial charge in [-0.2, -0.15) is 0 Å². The van der Waals surface area contributed by atoms with Gasteiger partial charge in [0, 0.05) is 33.4 Å². The molecule has 0 heterocycles. The molecule has 0 saturated carbocycles. The molecule has 0 saturated heterocycles. The number of carbonyl (C=O) groups is 3. The number of carboxylic acids is 3. The molecule has 7 aromatic carbocycles. The minimum atomic E-state index is -0.979. The van der Waals surface area contributed by atoms with E-state index in [1.165, 1.54) is 36.4 Å². The molecule has 0 aliphatic rings. The Morgan fingerprint density at radius 3 is 0.614 bits per heavy atom. The van der Waals surface area contributed by atoms with Gasteiger partial charge in [-0.15, -0.1) is 0 Å². The first-order chi connectivity index (χ1) is 27.7. The second kappa shape index (κ2) is 16.8. The molecule has 0 aromatic heterocycles. The molecule has 57 heavy (non-hydrogen) atoms. The van der Waals surface area contributed by atoms with E-state index in [9.17, 15) is 14.4 Å². The predicted molar refractivity (Wildman–Crippen MR) is 221 cm³/mol. The summed E-state index contributed by atoms with van der Waals surface area (Å²) in [6.45, 7) is 0. The summed E-state index contributed by atoms with van der Waals surface area (Å²) < 4.78 is 0. The molecule has 0 bridgehead atoms. The molecule has 0 amide bonds. The molecule has 7 aromatic rings. The Kier molecular flexibility index (Phi) is 10.9. The monoisotopic (exact) mass is 738 g/mol. The van der Waals surface area contributed by atoms with Crippen molar-refractivity contribution in [1.82, 2.24) is 0 Å². The van der Waals surface area contributed by atoms with Crippen LogP contribution < -0.4 is 0 Å². The molecule has 7 rings (SSSR count). The third kappa shape index (κ3) is 9.42. The van der Waals surface area contributed by atoms with Crippen molar-refractivity contribution < 1.29 is 29.7 Å². The third-order valence-electron chi connectivity index (χ3n) is 9.04. The van der Waals surface area contributed by atoms with Gasteiger partial charge in [-0.05, 0) is 161 Å². The summed E-state index contributed by atoms with van der Waals surface area (Å²) in [5.74, 6) is 15.9. The quantitative estimate of drug-likeness (QED) is 0.147. The van der Waals surface area contributed by atoms with Crippen LogP contribution in [0.5, 0.6) is 0 Å². The van der Waals surface area contributed by atoms with Gasteiger partial charge in [0.25, 0.3) is 0 Å². The fourth-order valence-corrected chi connectivity index (χ4v) is 5.89. The molecule has 270 valence electrons. The Bertz CT molecular complexity index is 2490. The lowest BCUT2D eigenvalue weighted by Gasteiger charge is -2.12. The highest BCUT2D eigenvalue weighted by Gasteiger charge is 2.09. The molecule has 0 radical (unpaired) electrons. The highest BCUT2D eigenvalue weighted by atomic mass is 16.4. The van der Waals surface area contributed by atoms with Crippen LogP contribution >= 0.6 is 0 Å². The topological polar surface area (TPSA) is 112 Å². The van der Waals surface area contributed by atoms with Gasteiger partial charge in [-0.25, -0.2) is 14.4 Å². The van der Waals surface area contributed by atoms with Crippen LogP contribution in [-0.2, 0) is 0 Å². The summed E-state index contributed by atoms with van der Waals surface area (Å²) in [7, 11) is 0. The Morgan fingerprint density at radius 1 is 0.263 bits per heavy atom. The van der Waals surface area contributed by atoms with Crippen molar-refractivity contribution in [2.75, 3.05) is 0 Å². The first-order valence-electron chi connectivity index (χ1n) is 17.7. The fraction of sp³-hybridized carbons (Fsp3) is 0. The van der Waals surface area contributed by atoms with Gasteiger partial charge in [0.2, 0.25) is 0 Å². The standard InChI is InChI=1S/C51H30O6/c52-49(53)43-25-13-37(14-26-43)4-1-34-7-19-40(20-8-34)46-31-47(41-21-9-35(10-22-41)2-5-38-15-27-44(28-16-38)50(54)55)33-48(32-46)42-23-11-36(12-24-42)3-6-39-17-29-45(30-18-39)51(56)57/h7-33H,(H,52,53)(H,54,55)(H,56,57). The average Bonchev–Trinajstić information content (AvgIpc) is 3.25. The first kappa shape index (κ1) is 37.0. The van der Waals surface area contributed by atoms with Gasteiger partial charge in [0.05, 0.1) is 16.7 Å². The summed E-state index contributed by atoms with van der Waals surface area (Å²) in [5.41, 5.74) is 11.3. The number of hydrogen-bond donors (Lipinski definition) is 3.